The van der Waals surface area contributed by atoms with E-state index in [1.54, 1.807) is 0 Å². The van der Waals surface area contributed by atoms with E-state index in [0.29, 0.717) is 24.0 Å². The lowest BCUT2D eigenvalue weighted by Gasteiger charge is -2.38. The maximum Gasteiger partial charge on any atom is 0.138 e. The Hall–Kier alpha value is -0.820. The second kappa shape index (κ2) is 5.05. The molecule has 18 heavy (non-hydrogen) atoms. The zero-order chi connectivity index (χ0) is 13.3. The van der Waals surface area contributed by atoms with Crippen molar-refractivity contribution in [3.63, 3.8) is 0 Å². The number of benzene rings is 1. The molecule has 0 aliphatic heterocycles. The summed E-state index contributed by atoms with van der Waals surface area (Å²) < 4.78 is 0. The summed E-state index contributed by atoms with van der Waals surface area (Å²) in [5.74, 6) is 1.41. The van der Waals surface area contributed by atoms with Crippen molar-refractivity contribution in [3.8, 4) is 0 Å². The molecule has 98 valence electrons. The molecule has 1 aliphatic rings. The van der Waals surface area contributed by atoms with Crippen LogP contribution >= 0.6 is 11.6 Å². The largest absolute Gasteiger partial charge is 0.299 e. The summed E-state index contributed by atoms with van der Waals surface area (Å²) in [4.78, 5) is 12.1. The minimum absolute atomic E-state index is 0.142. The highest BCUT2D eigenvalue weighted by Gasteiger charge is 2.38. The molecule has 2 rings (SSSR count). The van der Waals surface area contributed by atoms with Gasteiger partial charge in [0.1, 0.15) is 5.78 Å². The van der Waals surface area contributed by atoms with Gasteiger partial charge >= 0.3 is 0 Å². The van der Waals surface area contributed by atoms with Gasteiger partial charge in [0.25, 0.3) is 0 Å². The lowest BCUT2D eigenvalue weighted by atomic mass is 9.65. The Morgan fingerprint density at radius 1 is 1.33 bits per heavy atom. The van der Waals surface area contributed by atoms with E-state index in [9.17, 15) is 4.79 Å². The van der Waals surface area contributed by atoms with Crippen LogP contribution in [0.25, 0.3) is 0 Å². The number of carbonyl (C=O) groups is 1. The van der Waals surface area contributed by atoms with Crippen molar-refractivity contribution in [2.75, 3.05) is 0 Å². The molecule has 0 bridgehead atoms. The minimum Gasteiger partial charge on any atom is -0.299 e. The predicted octanol–water partition coefficient (Wildman–Crippen LogP) is 4.52. The zero-order valence-electron chi connectivity index (χ0n) is 11.4. The molecule has 0 heterocycles. The minimum atomic E-state index is -0.142. The molecule has 1 fully saturated rings. The fraction of sp³-hybridized carbons (Fsp3) is 0.562. The van der Waals surface area contributed by atoms with E-state index < -0.39 is 0 Å². The molecule has 1 nitrogen and oxygen atoms in total. The monoisotopic (exact) mass is 264 g/mol. The normalized spacial score (nSPS) is 27.2. The third-order valence-electron chi connectivity index (χ3n) is 4.28. The molecule has 2 heteroatoms. The van der Waals surface area contributed by atoms with E-state index >= 15 is 0 Å². The first kappa shape index (κ1) is 13.6. The van der Waals surface area contributed by atoms with Crippen LogP contribution in [0.3, 0.4) is 0 Å². The predicted molar refractivity (Wildman–Crippen MR) is 75.8 cm³/mol. The van der Waals surface area contributed by atoms with Crippen LogP contribution in [-0.2, 0) is 11.2 Å². The van der Waals surface area contributed by atoms with Gasteiger partial charge in [-0.1, -0.05) is 50.6 Å². The second-order valence-corrected chi connectivity index (χ2v) is 6.66. The number of carbonyl (C=O) groups excluding carboxylic acids is 1. The average Bonchev–Trinajstić information content (AvgIpc) is 2.28. The molecule has 0 radical (unpaired) electrons. The first-order valence-corrected chi connectivity index (χ1v) is 7.04. The van der Waals surface area contributed by atoms with Gasteiger partial charge in [-0.25, -0.2) is 0 Å². The van der Waals surface area contributed by atoms with Gasteiger partial charge in [-0.15, -0.1) is 0 Å². The highest BCUT2D eigenvalue weighted by Crippen LogP contribution is 2.40. The standard InChI is InChI=1S/C16H21ClO/c1-11-10-16(2,3)15(18)9-13(11)8-12-6-4-5-7-14(12)17/h4-7,11,13H,8-10H2,1-3H3. The van der Waals surface area contributed by atoms with Crippen molar-refractivity contribution in [1.82, 2.24) is 0 Å². The van der Waals surface area contributed by atoms with Crippen LogP contribution in [0.1, 0.15) is 39.2 Å². The molecule has 1 saturated carbocycles. The third kappa shape index (κ3) is 2.77. The van der Waals surface area contributed by atoms with Gasteiger partial charge in [0, 0.05) is 16.9 Å². The Morgan fingerprint density at radius 2 is 2.00 bits per heavy atom. The molecule has 1 aromatic rings. The third-order valence-corrected chi connectivity index (χ3v) is 4.65. The number of Topliss-reactive ketones (excluding diaryl/α,β-unsaturated/α-hetero) is 1. The van der Waals surface area contributed by atoms with Crippen LogP contribution in [0.15, 0.2) is 24.3 Å². The van der Waals surface area contributed by atoms with Crippen molar-refractivity contribution in [2.24, 2.45) is 17.3 Å². The Bertz CT molecular complexity index is 450. The van der Waals surface area contributed by atoms with Gasteiger partial charge in [-0.05, 0) is 36.3 Å². The number of hydrogen-bond donors (Lipinski definition) is 0. The van der Waals surface area contributed by atoms with E-state index in [1.165, 1.54) is 5.56 Å². The van der Waals surface area contributed by atoms with Crippen LogP contribution in [0.2, 0.25) is 5.02 Å². The molecule has 1 aromatic carbocycles. The number of rotatable bonds is 2. The molecule has 1 aliphatic carbocycles. The molecule has 0 amide bonds. The molecule has 0 saturated heterocycles. The quantitative estimate of drug-likeness (QED) is 0.767. The van der Waals surface area contributed by atoms with Crippen molar-refractivity contribution in [2.45, 2.75) is 40.0 Å². The topological polar surface area (TPSA) is 17.1 Å². The molecular formula is C16H21ClO. The van der Waals surface area contributed by atoms with E-state index in [-0.39, 0.29) is 5.41 Å². The number of halogens is 1. The first-order valence-electron chi connectivity index (χ1n) is 6.67. The average molecular weight is 265 g/mol. The first-order chi connectivity index (χ1) is 8.40. The van der Waals surface area contributed by atoms with Gasteiger partial charge in [-0.2, -0.15) is 0 Å². The Balaban J connectivity index is 2.12. The second-order valence-electron chi connectivity index (χ2n) is 6.25. The van der Waals surface area contributed by atoms with Crippen molar-refractivity contribution in [3.05, 3.63) is 34.9 Å². The summed E-state index contributed by atoms with van der Waals surface area (Å²) in [6.45, 7) is 6.39. The van der Waals surface area contributed by atoms with Gasteiger partial charge in [0.05, 0.1) is 0 Å². The van der Waals surface area contributed by atoms with Crippen LogP contribution in [0.4, 0.5) is 0 Å². The van der Waals surface area contributed by atoms with E-state index in [1.807, 2.05) is 18.2 Å². The van der Waals surface area contributed by atoms with Crippen molar-refractivity contribution in [1.29, 1.82) is 0 Å². The molecule has 2 atom stereocenters. The Kier molecular flexibility index (Phi) is 3.82. The van der Waals surface area contributed by atoms with E-state index in [4.69, 9.17) is 11.6 Å². The lowest BCUT2D eigenvalue weighted by Crippen LogP contribution is -2.37. The van der Waals surface area contributed by atoms with Crippen LogP contribution in [-0.4, -0.2) is 5.78 Å². The van der Waals surface area contributed by atoms with Crippen LogP contribution in [0, 0.1) is 17.3 Å². The lowest BCUT2D eigenvalue weighted by molar-refractivity contribution is -0.132. The maximum absolute atomic E-state index is 12.1. The van der Waals surface area contributed by atoms with Gasteiger partial charge in [0.2, 0.25) is 0 Å². The number of hydrogen-bond acceptors (Lipinski definition) is 1. The Labute approximate surface area is 115 Å². The van der Waals surface area contributed by atoms with Crippen LogP contribution < -0.4 is 0 Å². The maximum atomic E-state index is 12.1. The summed E-state index contributed by atoms with van der Waals surface area (Å²) in [7, 11) is 0. The van der Waals surface area contributed by atoms with Crippen molar-refractivity contribution >= 4 is 17.4 Å². The zero-order valence-corrected chi connectivity index (χ0v) is 12.1. The van der Waals surface area contributed by atoms with Gasteiger partial charge < -0.3 is 0 Å². The summed E-state index contributed by atoms with van der Waals surface area (Å²) in [6.07, 6.45) is 2.60. The molecular weight excluding hydrogens is 244 g/mol. The molecule has 0 N–H and O–H groups in total. The van der Waals surface area contributed by atoms with Crippen molar-refractivity contribution < 1.29 is 4.79 Å². The van der Waals surface area contributed by atoms with E-state index in [0.717, 1.165) is 17.9 Å². The summed E-state index contributed by atoms with van der Waals surface area (Å²) in [6, 6.07) is 7.96. The fourth-order valence-electron chi connectivity index (χ4n) is 3.02. The van der Waals surface area contributed by atoms with Crippen LogP contribution in [0.5, 0.6) is 0 Å². The Morgan fingerprint density at radius 3 is 2.67 bits per heavy atom. The highest BCUT2D eigenvalue weighted by atomic mass is 35.5. The fourth-order valence-corrected chi connectivity index (χ4v) is 3.23. The van der Waals surface area contributed by atoms with E-state index in [2.05, 4.69) is 26.8 Å². The summed E-state index contributed by atoms with van der Waals surface area (Å²) >= 11 is 6.20. The summed E-state index contributed by atoms with van der Waals surface area (Å²) in [5, 5.41) is 0.821. The smallest absolute Gasteiger partial charge is 0.138 e. The SMILES string of the molecule is CC1CC(C)(C)C(=O)CC1Cc1ccccc1Cl. The summed E-state index contributed by atoms with van der Waals surface area (Å²) in [5.41, 5.74) is 1.03. The van der Waals surface area contributed by atoms with Gasteiger partial charge in [-0.3, -0.25) is 4.79 Å². The molecule has 2 unspecified atom stereocenters. The van der Waals surface area contributed by atoms with Gasteiger partial charge in [0.15, 0.2) is 0 Å². The molecule has 0 aromatic heterocycles. The number of ketones is 1. The molecule has 0 spiro atoms. The highest BCUT2D eigenvalue weighted by molar-refractivity contribution is 6.31.